The second-order valence-electron chi connectivity index (χ2n) is 8.50. The van der Waals surface area contributed by atoms with Crippen molar-refractivity contribution in [3.63, 3.8) is 0 Å². The summed E-state index contributed by atoms with van der Waals surface area (Å²) in [6, 6.07) is 0. The van der Waals surface area contributed by atoms with Crippen molar-refractivity contribution in [2.75, 3.05) is 19.6 Å². The predicted molar refractivity (Wildman–Crippen MR) is 94.5 cm³/mol. The molecule has 0 radical (unpaired) electrons. The van der Waals surface area contributed by atoms with Crippen molar-refractivity contribution in [1.82, 2.24) is 16.0 Å². The molecule has 6 heteroatoms. The van der Waals surface area contributed by atoms with Gasteiger partial charge in [-0.2, -0.15) is 0 Å². The minimum atomic E-state index is -0.314. The standard InChI is InChI=1S/C19H31N3O3/c1-2-3-20-17(24)11-22-18(25)12-21-16(23)10-19-7-13-4-14(8-19)6-15(5-13)9-19/h13-15H,2-12H2,1H3,(H,20,24)(H,21,23)(H,22,25). The average molecular weight is 349 g/mol. The molecule has 0 saturated heterocycles. The van der Waals surface area contributed by atoms with E-state index in [1.807, 2.05) is 6.92 Å². The Morgan fingerprint density at radius 1 is 0.800 bits per heavy atom. The quantitative estimate of drug-likeness (QED) is 0.618. The Balaban J connectivity index is 1.37. The molecule has 0 unspecified atom stereocenters. The summed E-state index contributed by atoms with van der Waals surface area (Å²) in [5.74, 6) is 1.94. The normalized spacial score (nSPS) is 32.3. The number of amides is 3. The summed E-state index contributed by atoms with van der Waals surface area (Å²) >= 11 is 0. The highest BCUT2D eigenvalue weighted by molar-refractivity contribution is 5.88. The van der Waals surface area contributed by atoms with Gasteiger partial charge >= 0.3 is 0 Å². The second kappa shape index (κ2) is 7.75. The molecule has 25 heavy (non-hydrogen) atoms. The van der Waals surface area contributed by atoms with E-state index in [1.54, 1.807) is 0 Å². The highest BCUT2D eigenvalue weighted by Crippen LogP contribution is 2.61. The summed E-state index contributed by atoms with van der Waals surface area (Å²) in [5, 5.41) is 7.98. The lowest BCUT2D eigenvalue weighted by Crippen LogP contribution is -2.48. The van der Waals surface area contributed by atoms with E-state index < -0.39 is 0 Å². The first kappa shape index (κ1) is 18.2. The highest BCUT2D eigenvalue weighted by atomic mass is 16.2. The van der Waals surface area contributed by atoms with E-state index in [0.717, 1.165) is 24.2 Å². The van der Waals surface area contributed by atoms with E-state index in [1.165, 1.54) is 38.5 Å². The third-order valence-electron chi connectivity index (χ3n) is 6.17. The van der Waals surface area contributed by atoms with Gasteiger partial charge in [0.05, 0.1) is 13.1 Å². The van der Waals surface area contributed by atoms with E-state index in [-0.39, 0.29) is 36.2 Å². The molecule has 4 rings (SSSR count). The SMILES string of the molecule is CCCNC(=O)CNC(=O)CNC(=O)CC12CC3CC(CC(C3)C1)C2. The number of hydrogen-bond donors (Lipinski definition) is 3. The molecule has 3 N–H and O–H groups in total. The molecule has 4 aliphatic rings. The zero-order valence-electron chi connectivity index (χ0n) is 15.2. The lowest BCUT2D eigenvalue weighted by molar-refractivity contribution is -0.132. The van der Waals surface area contributed by atoms with Gasteiger partial charge < -0.3 is 16.0 Å². The molecule has 4 aliphatic carbocycles. The summed E-state index contributed by atoms with van der Waals surface area (Å²) in [7, 11) is 0. The van der Waals surface area contributed by atoms with Crippen LogP contribution in [0.15, 0.2) is 0 Å². The van der Waals surface area contributed by atoms with E-state index in [2.05, 4.69) is 16.0 Å². The zero-order chi connectivity index (χ0) is 17.9. The molecule has 6 nitrogen and oxygen atoms in total. The molecule has 0 atom stereocenters. The predicted octanol–water partition coefficient (Wildman–Crippen LogP) is 1.35. The molecule has 0 spiro atoms. The van der Waals surface area contributed by atoms with Crippen molar-refractivity contribution in [1.29, 1.82) is 0 Å². The number of nitrogens with one attached hydrogen (secondary N) is 3. The van der Waals surface area contributed by atoms with E-state index in [4.69, 9.17) is 0 Å². The van der Waals surface area contributed by atoms with Crippen molar-refractivity contribution in [3.05, 3.63) is 0 Å². The van der Waals surface area contributed by atoms with Crippen LogP contribution in [0.1, 0.15) is 58.3 Å². The van der Waals surface area contributed by atoms with Crippen LogP contribution in [0.4, 0.5) is 0 Å². The van der Waals surface area contributed by atoms with Gasteiger partial charge in [0.25, 0.3) is 0 Å². The Morgan fingerprint density at radius 2 is 1.28 bits per heavy atom. The molecule has 3 amide bonds. The molecule has 140 valence electrons. The van der Waals surface area contributed by atoms with Crippen LogP contribution in [0.25, 0.3) is 0 Å². The fourth-order valence-electron chi connectivity index (χ4n) is 5.66. The maximum atomic E-state index is 12.3. The Labute approximate surface area is 149 Å². The largest absolute Gasteiger partial charge is 0.355 e. The average Bonchev–Trinajstić information content (AvgIpc) is 2.54. The van der Waals surface area contributed by atoms with Crippen LogP contribution in [0.2, 0.25) is 0 Å². The fraction of sp³-hybridized carbons (Fsp3) is 0.842. The Bertz CT molecular complexity index is 497. The molecule has 0 heterocycles. The number of carbonyl (C=O) groups is 3. The summed E-state index contributed by atoms with van der Waals surface area (Å²) < 4.78 is 0. The summed E-state index contributed by atoms with van der Waals surface area (Å²) in [6.45, 7) is 2.49. The van der Waals surface area contributed by atoms with Gasteiger partial charge in [0, 0.05) is 13.0 Å². The maximum Gasteiger partial charge on any atom is 0.239 e. The third-order valence-corrected chi connectivity index (χ3v) is 6.17. The zero-order valence-corrected chi connectivity index (χ0v) is 15.2. The van der Waals surface area contributed by atoms with Crippen molar-refractivity contribution >= 4 is 17.7 Å². The number of rotatable bonds is 8. The van der Waals surface area contributed by atoms with E-state index >= 15 is 0 Å². The topological polar surface area (TPSA) is 87.3 Å². The number of hydrogen-bond acceptors (Lipinski definition) is 3. The molecule has 0 aliphatic heterocycles. The smallest absolute Gasteiger partial charge is 0.239 e. The number of carbonyl (C=O) groups excluding carboxylic acids is 3. The van der Waals surface area contributed by atoms with Gasteiger partial charge in [-0.25, -0.2) is 0 Å². The summed E-state index contributed by atoms with van der Waals surface area (Å²) in [4.78, 5) is 35.6. The third kappa shape index (κ3) is 4.73. The van der Waals surface area contributed by atoms with Gasteiger partial charge in [0.15, 0.2) is 0 Å². The van der Waals surface area contributed by atoms with Crippen LogP contribution in [-0.2, 0) is 14.4 Å². The van der Waals surface area contributed by atoms with E-state index in [0.29, 0.717) is 13.0 Å². The van der Waals surface area contributed by atoms with Crippen LogP contribution < -0.4 is 16.0 Å². The Morgan fingerprint density at radius 3 is 1.80 bits per heavy atom. The van der Waals surface area contributed by atoms with Gasteiger partial charge in [0.1, 0.15) is 0 Å². The first-order valence-electron chi connectivity index (χ1n) is 9.78. The molecule has 4 fully saturated rings. The Kier molecular flexibility index (Phi) is 5.64. The molecule has 4 saturated carbocycles. The van der Waals surface area contributed by atoms with Crippen LogP contribution in [0.5, 0.6) is 0 Å². The molecule has 4 bridgehead atoms. The minimum Gasteiger partial charge on any atom is -0.355 e. The van der Waals surface area contributed by atoms with Crippen LogP contribution in [0.3, 0.4) is 0 Å². The molecule has 0 aromatic heterocycles. The maximum absolute atomic E-state index is 12.3. The van der Waals surface area contributed by atoms with Gasteiger partial charge in [-0.15, -0.1) is 0 Å². The molecule has 0 aromatic rings. The van der Waals surface area contributed by atoms with Crippen LogP contribution in [-0.4, -0.2) is 37.4 Å². The second-order valence-corrected chi connectivity index (χ2v) is 8.50. The molecular weight excluding hydrogens is 318 g/mol. The van der Waals surface area contributed by atoms with Crippen molar-refractivity contribution in [3.8, 4) is 0 Å². The van der Waals surface area contributed by atoms with Crippen molar-refractivity contribution in [2.45, 2.75) is 58.3 Å². The van der Waals surface area contributed by atoms with Crippen molar-refractivity contribution < 1.29 is 14.4 Å². The highest BCUT2D eigenvalue weighted by Gasteiger charge is 2.51. The lowest BCUT2D eigenvalue weighted by Gasteiger charge is -2.56. The monoisotopic (exact) mass is 349 g/mol. The first-order valence-corrected chi connectivity index (χ1v) is 9.78. The minimum absolute atomic E-state index is 0.0208. The van der Waals surface area contributed by atoms with Gasteiger partial charge in [0.2, 0.25) is 17.7 Å². The van der Waals surface area contributed by atoms with E-state index in [9.17, 15) is 14.4 Å². The van der Waals surface area contributed by atoms with Crippen LogP contribution >= 0.6 is 0 Å². The van der Waals surface area contributed by atoms with Gasteiger partial charge in [-0.05, 0) is 68.1 Å². The summed E-state index contributed by atoms with van der Waals surface area (Å²) in [5.41, 5.74) is 0.190. The van der Waals surface area contributed by atoms with Gasteiger partial charge in [-0.1, -0.05) is 6.92 Å². The first-order chi connectivity index (χ1) is 12.0. The lowest BCUT2D eigenvalue weighted by atomic mass is 9.49. The molecule has 0 aromatic carbocycles. The molecular formula is C19H31N3O3. The fourth-order valence-corrected chi connectivity index (χ4v) is 5.66. The Hall–Kier alpha value is -1.59. The summed E-state index contributed by atoms with van der Waals surface area (Å²) in [6.07, 6.45) is 9.08. The van der Waals surface area contributed by atoms with Crippen molar-refractivity contribution in [2.24, 2.45) is 23.2 Å². The van der Waals surface area contributed by atoms with Gasteiger partial charge in [-0.3, -0.25) is 14.4 Å². The van der Waals surface area contributed by atoms with Crippen LogP contribution in [0, 0.1) is 23.2 Å².